The van der Waals surface area contributed by atoms with Crippen molar-refractivity contribution < 1.29 is 0 Å². The van der Waals surface area contributed by atoms with Gasteiger partial charge in [0.25, 0.3) is 0 Å². The Kier molecular flexibility index (Phi) is 2.30. The van der Waals surface area contributed by atoms with Crippen molar-refractivity contribution in [1.82, 2.24) is 0 Å². The summed E-state index contributed by atoms with van der Waals surface area (Å²) in [5.41, 5.74) is 13.8. The molecule has 0 aliphatic heterocycles. The number of anilines is 1. The molecule has 1 saturated carbocycles. The van der Waals surface area contributed by atoms with Gasteiger partial charge in [0.05, 0.1) is 0 Å². The Morgan fingerprint density at radius 3 is 2.62 bits per heavy atom. The van der Waals surface area contributed by atoms with Crippen molar-refractivity contribution in [3.05, 3.63) is 28.2 Å². The summed E-state index contributed by atoms with van der Waals surface area (Å²) in [7, 11) is 0. The summed E-state index contributed by atoms with van der Waals surface area (Å²) in [5, 5.41) is 0. The molecule has 0 amide bonds. The largest absolute Gasteiger partial charge is 0.398 e. The quantitative estimate of drug-likeness (QED) is 0.781. The molecule has 0 bridgehead atoms. The van der Waals surface area contributed by atoms with Gasteiger partial charge in [0.2, 0.25) is 0 Å². The number of hydrogen-bond donors (Lipinski definition) is 2. The monoisotopic (exact) mass is 240 g/mol. The van der Waals surface area contributed by atoms with E-state index >= 15 is 0 Å². The summed E-state index contributed by atoms with van der Waals surface area (Å²) in [5.74, 6) is 0.656. The molecule has 13 heavy (non-hydrogen) atoms. The second-order valence-corrected chi connectivity index (χ2v) is 4.55. The molecule has 4 N–H and O–H groups in total. The number of benzene rings is 1. The SMILES string of the molecule is Nc1cc(Br)ccc1C(N)C1CC1. The van der Waals surface area contributed by atoms with Crippen molar-refractivity contribution in [2.75, 3.05) is 5.73 Å². The van der Waals surface area contributed by atoms with E-state index in [-0.39, 0.29) is 6.04 Å². The van der Waals surface area contributed by atoms with E-state index in [1.165, 1.54) is 12.8 Å². The summed E-state index contributed by atoms with van der Waals surface area (Å²) >= 11 is 3.38. The van der Waals surface area contributed by atoms with Gasteiger partial charge in [0, 0.05) is 16.2 Å². The number of nitrogen functional groups attached to an aromatic ring is 1. The van der Waals surface area contributed by atoms with Gasteiger partial charge in [-0.3, -0.25) is 0 Å². The molecular weight excluding hydrogens is 228 g/mol. The van der Waals surface area contributed by atoms with E-state index in [2.05, 4.69) is 15.9 Å². The normalized spacial score (nSPS) is 18.6. The molecule has 1 atom stereocenters. The highest BCUT2D eigenvalue weighted by molar-refractivity contribution is 9.10. The van der Waals surface area contributed by atoms with Crippen molar-refractivity contribution in [3.63, 3.8) is 0 Å². The van der Waals surface area contributed by atoms with Crippen molar-refractivity contribution in [2.24, 2.45) is 11.7 Å². The fraction of sp³-hybridized carbons (Fsp3) is 0.400. The van der Waals surface area contributed by atoms with E-state index < -0.39 is 0 Å². The molecule has 1 fully saturated rings. The topological polar surface area (TPSA) is 52.0 Å². The second-order valence-electron chi connectivity index (χ2n) is 3.64. The molecule has 0 aromatic heterocycles. The Morgan fingerprint density at radius 1 is 1.38 bits per heavy atom. The third-order valence-corrected chi connectivity index (χ3v) is 3.03. The van der Waals surface area contributed by atoms with Crippen molar-refractivity contribution in [1.29, 1.82) is 0 Å². The molecule has 1 aliphatic rings. The third kappa shape index (κ3) is 1.86. The van der Waals surface area contributed by atoms with Gasteiger partial charge in [-0.2, -0.15) is 0 Å². The minimum absolute atomic E-state index is 0.132. The van der Waals surface area contributed by atoms with E-state index in [9.17, 15) is 0 Å². The van der Waals surface area contributed by atoms with Crippen LogP contribution in [0.25, 0.3) is 0 Å². The Balaban J connectivity index is 2.28. The minimum atomic E-state index is 0.132. The van der Waals surface area contributed by atoms with Gasteiger partial charge in [-0.15, -0.1) is 0 Å². The Bertz CT molecular complexity index is 321. The van der Waals surface area contributed by atoms with Gasteiger partial charge in [-0.25, -0.2) is 0 Å². The van der Waals surface area contributed by atoms with Crippen LogP contribution >= 0.6 is 15.9 Å². The predicted molar refractivity (Wildman–Crippen MR) is 58.2 cm³/mol. The molecule has 0 heterocycles. The fourth-order valence-corrected chi connectivity index (χ4v) is 1.94. The van der Waals surface area contributed by atoms with Crippen LogP contribution in [0.2, 0.25) is 0 Å². The minimum Gasteiger partial charge on any atom is -0.398 e. The average Bonchev–Trinajstić information content (AvgIpc) is 2.85. The van der Waals surface area contributed by atoms with Crippen LogP contribution < -0.4 is 11.5 Å². The van der Waals surface area contributed by atoms with E-state index in [1.807, 2.05) is 18.2 Å². The average molecular weight is 241 g/mol. The number of rotatable bonds is 2. The van der Waals surface area contributed by atoms with Crippen LogP contribution in [0.4, 0.5) is 5.69 Å². The number of halogens is 1. The Morgan fingerprint density at radius 2 is 2.08 bits per heavy atom. The van der Waals surface area contributed by atoms with Crippen molar-refractivity contribution in [2.45, 2.75) is 18.9 Å². The Labute approximate surface area is 86.4 Å². The first kappa shape index (κ1) is 9.03. The highest BCUT2D eigenvalue weighted by atomic mass is 79.9. The smallest absolute Gasteiger partial charge is 0.0373 e. The van der Waals surface area contributed by atoms with Gasteiger partial charge in [0.1, 0.15) is 0 Å². The van der Waals surface area contributed by atoms with E-state index in [0.717, 1.165) is 15.7 Å². The molecule has 2 nitrogen and oxygen atoms in total. The molecule has 70 valence electrons. The lowest BCUT2D eigenvalue weighted by atomic mass is 10.0. The maximum absolute atomic E-state index is 6.06. The van der Waals surface area contributed by atoms with Crippen molar-refractivity contribution >= 4 is 21.6 Å². The summed E-state index contributed by atoms with van der Waals surface area (Å²) in [4.78, 5) is 0. The van der Waals surface area contributed by atoms with Gasteiger partial charge >= 0.3 is 0 Å². The molecule has 1 unspecified atom stereocenters. The van der Waals surface area contributed by atoms with E-state index in [0.29, 0.717) is 5.92 Å². The lowest BCUT2D eigenvalue weighted by Crippen LogP contribution is -2.14. The molecule has 1 aliphatic carbocycles. The van der Waals surface area contributed by atoms with E-state index in [1.54, 1.807) is 0 Å². The Hall–Kier alpha value is -0.540. The van der Waals surface area contributed by atoms with Gasteiger partial charge < -0.3 is 11.5 Å². The van der Waals surface area contributed by atoms with Crippen LogP contribution in [-0.2, 0) is 0 Å². The molecule has 0 spiro atoms. The molecule has 0 radical (unpaired) electrons. The number of nitrogens with two attached hydrogens (primary N) is 2. The van der Waals surface area contributed by atoms with Crippen molar-refractivity contribution in [3.8, 4) is 0 Å². The first-order valence-corrected chi connectivity index (χ1v) is 5.28. The lowest BCUT2D eigenvalue weighted by molar-refractivity contribution is 0.635. The molecule has 1 aromatic rings. The fourth-order valence-electron chi connectivity index (χ4n) is 1.56. The van der Waals surface area contributed by atoms with Crippen LogP contribution in [0.5, 0.6) is 0 Å². The second kappa shape index (κ2) is 3.31. The van der Waals surface area contributed by atoms with Crippen LogP contribution in [0.3, 0.4) is 0 Å². The standard InChI is InChI=1S/C10H13BrN2/c11-7-3-4-8(9(12)5-7)10(13)6-1-2-6/h3-6,10H,1-2,12-13H2. The van der Waals surface area contributed by atoms with Crippen LogP contribution in [0.1, 0.15) is 24.4 Å². The van der Waals surface area contributed by atoms with Crippen LogP contribution in [0.15, 0.2) is 22.7 Å². The zero-order valence-electron chi connectivity index (χ0n) is 7.33. The molecular formula is C10H13BrN2. The van der Waals surface area contributed by atoms with Crippen LogP contribution in [0, 0.1) is 5.92 Å². The predicted octanol–water partition coefficient (Wildman–Crippen LogP) is 2.44. The highest BCUT2D eigenvalue weighted by Gasteiger charge is 2.30. The first-order chi connectivity index (χ1) is 6.18. The van der Waals surface area contributed by atoms with Gasteiger partial charge in [0.15, 0.2) is 0 Å². The summed E-state index contributed by atoms with van der Waals surface area (Å²) < 4.78 is 1.01. The zero-order valence-corrected chi connectivity index (χ0v) is 8.92. The third-order valence-electron chi connectivity index (χ3n) is 2.54. The molecule has 3 heteroatoms. The summed E-state index contributed by atoms with van der Waals surface area (Å²) in [6.07, 6.45) is 2.49. The highest BCUT2D eigenvalue weighted by Crippen LogP contribution is 2.41. The first-order valence-electron chi connectivity index (χ1n) is 4.49. The van der Waals surface area contributed by atoms with Gasteiger partial charge in [-0.1, -0.05) is 22.0 Å². The number of hydrogen-bond acceptors (Lipinski definition) is 2. The van der Waals surface area contributed by atoms with Gasteiger partial charge in [-0.05, 0) is 36.5 Å². The molecule has 0 saturated heterocycles. The molecule has 2 rings (SSSR count). The van der Waals surface area contributed by atoms with E-state index in [4.69, 9.17) is 11.5 Å². The molecule has 1 aromatic carbocycles. The summed E-state index contributed by atoms with van der Waals surface area (Å²) in [6, 6.07) is 6.06. The van der Waals surface area contributed by atoms with Crippen LogP contribution in [-0.4, -0.2) is 0 Å². The maximum Gasteiger partial charge on any atom is 0.0373 e. The lowest BCUT2D eigenvalue weighted by Gasteiger charge is -2.13. The zero-order chi connectivity index (χ0) is 9.42. The summed E-state index contributed by atoms with van der Waals surface area (Å²) in [6.45, 7) is 0. The maximum atomic E-state index is 6.06.